The Hall–Kier alpha value is -1.03. The summed E-state index contributed by atoms with van der Waals surface area (Å²) in [7, 11) is 1.83. The van der Waals surface area contributed by atoms with Crippen molar-refractivity contribution in [2.24, 2.45) is 10.9 Å². The molecule has 1 aliphatic carbocycles. The molecule has 94 valence electrons. The second-order valence-corrected chi connectivity index (χ2v) is 5.65. The van der Waals surface area contributed by atoms with Crippen molar-refractivity contribution < 1.29 is 0 Å². The van der Waals surface area contributed by atoms with Crippen LogP contribution in [0.2, 0.25) is 0 Å². The summed E-state index contributed by atoms with van der Waals surface area (Å²) in [5.74, 6) is 2.25. The molecule has 17 heavy (non-hydrogen) atoms. The SMILES string of the molecule is CN=C(NCC(C)c1ccsc1)NC1CC1C. The lowest BCUT2D eigenvalue weighted by Gasteiger charge is -2.15. The number of aliphatic imine (C=N–C) groups is 1. The minimum atomic E-state index is 0.524. The van der Waals surface area contributed by atoms with Crippen LogP contribution in [0.5, 0.6) is 0 Å². The highest BCUT2D eigenvalue weighted by Gasteiger charge is 2.33. The summed E-state index contributed by atoms with van der Waals surface area (Å²) in [6.45, 7) is 5.43. The fourth-order valence-corrected chi connectivity index (χ4v) is 2.60. The predicted octanol–water partition coefficient (Wildman–Crippen LogP) is 2.43. The number of nitrogens with zero attached hydrogens (tertiary/aromatic N) is 1. The average molecular weight is 251 g/mol. The van der Waals surface area contributed by atoms with Gasteiger partial charge in [0.1, 0.15) is 0 Å². The first kappa shape index (κ1) is 12.4. The molecule has 0 amide bonds. The number of guanidine groups is 1. The van der Waals surface area contributed by atoms with E-state index in [0.717, 1.165) is 18.4 Å². The Labute approximate surface area is 107 Å². The molecule has 0 bridgehead atoms. The highest BCUT2D eigenvalue weighted by molar-refractivity contribution is 7.07. The molecule has 2 N–H and O–H groups in total. The zero-order valence-corrected chi connectivity index (χ0v) is 11.6. The fraction of sp³-hybridized carbons (Fsp3) is 0.615. The minimum absolute atomic E-state index is 0.524. The van der Waals surface area contributed by atoms with Gasteiger partial charge in [-0.1, -0.05) is 13.8 Å². The van der Waals surface area contributed by atoms with Crippen LogP contribution in [0.3, 0.4) is 0 Å². The third-order valence-electron chi connectivity index (χ3n) is 3.34. The molecule has 1 saturated carbocycles. The number of nitrogens with one attached hydrogen (secondary N) is 2. The number of rotatable bonds is 4. The van der Waals surface area contributed by atoms with Crippen LogP contribution in [0, 0.1) is 5.92 Å². The zero-order chi connectivity index (χ0) is 12.3. The monoisotopic (exact) mass is 251 g/mol. The van der Waals surface area contributed by atoms with Crippen LogP contribution in [0.15, 0.2) is 21.8 Å². The van der Waals surface area contributed by atoms with Crippen LogP contribution in [0.4, 0.5) is 0 Å². The van der Waals surface area contributed by atoms with Crippen molar-refractivity contribution in [3.05, 3.63) is 22.4 Å². The van der Waals surface area contributed by atoms with Crippen molar-refractivity contribution in [2.75, 3.05) is 13.6 Å². The molecule has 1 heterocycles. The highest BCUT2D eigenvalue weighted by Crippen LogP contribution is 2.28. The van der Waals surface area contributed by atoms with Gasteiger partial charge in [-0.2, -0.15) is 11.3 Å². The number of hydrogen-bond acceptors (Lipinski definition) is 2. The van der Waals surface area contributed by atoms with Gasteiger partial charge in [-0.25, -0.2) is 0 Å². The maximum Gasteiger partial charge on any atom is 0.191 e. The quantitative estimate of drug-likeness (QED) is 0.637. The molecule has 3 atom stereocenters. The van der Waals surface area contributed by atoms with E-state index in [-0.39, 0.29) is 0 Å². The van der Waals surface area contributed by atoms with Crippen LogP contribution in [-0.4, -0.2) is 25.6 Å². The Morgan fingerprint density at radius 2 is 2.41 bits per heavy atom. The zero-order valence-electron chi connectivity index (χ0n) is 10.7. The van der Waals surface area contributed by atoms with Gasteiger partial charge < -0.3 is 10.6 Å². The van der Waals surface area contributed by atoms with Crippen LogP contribution >= 0.6 is 11.3 Å². The number of thiophene rings is 1. The fourth-order valence-electron chi connectivity index (χ4n) is 1.82. The summed E-state index contributed by atoms with van der Waals surface area (Å²) < 4.78 is 0. The van der Waals surface area contributed by atoms with E-state index < -0.39 is 0 Å². The molecule has 1 aromatic heterocycles. The molecule has 0 radical (unpaired) electrons. The lowest BCUT2D eigenvalue weighted by Crippen LogP contribution is -2.40. The largest absolute Gasteiger partial charge is 0.356 e. The Balaban J connectivity index is 1.76. The van der Waals surface area contributed by atoms with Crippen LogP contribution in [0.25, 0.3) is 0 Å². The standard InChI is InChI=1S/C13H21N3S/c1-9-6-12(9)16-13(14-3)15-7-10(2)11-4-5-17-8-11/h4-5,8-10,12H,6-7H2,1-3H3,(H2,14,15,16). The van der Waals surface area contributed by atoms with E-state index in [4.69, 9.17) is 0 Å². The Morgan fingerprint density at radius 1 is 1.65 bits per heavy atom. The van der Waals surface area contributed by atoms with Gasteiger partial charge in [-0.05, 0) is 40.6 Å². The van der Waals surface area contributed by atoms with Crippen molar-refractivity contribution in [2.45, 2.75) is 32.2 Å². The molecule has 1 aromatic rings. The summed E-state index contributed by atoms with van der Waals surface area (Å²) in [6.07, 6.45) is 1.26. The second-order valence-electron chi connectivity index (χ2n) is 4.87. The van der Waals surface area contributed by atoms with Crippen molar-refractivity contribution >= 4 is 17.3 Å². The Kier molecular flexibility index (Phi) is 4.05. The van der Waals surface area contributed by atoms with Crippen LogP contribution in [-0.2, 0) is 0 Å². The van der Waals surface area contributed by atoms with E-state index >= 15 is 0 Å². The van der Waals surface area contributed by atoms with Gasteiger partial charge >= 0.3 is 0 Å². The van der Waals surface area contributed by atoms with E-state index in [1.165, 1.54) is 12.0 Å². The lowest BCUT2D eigenvalue weighted by atomic mass is 10.1. The first-order valence-corrected chi connectivity index (χ1v) is 7.14. The first-order chi connectivity index (χ1) is 8.20. The van der Waals surface area contributed by atoms with Crippen LogP contribution in [0.1, 0.15) is 31.7 Å². The molecule has 0 aliphatic heterocycles. The molecule has 0 aromatic carbocycles. The van der Waals surface area contributed by atoms with Crippen molar-refractivity contribution in [1.82, 2.24) is 10.6 Å². The van der Waals surface area contributed by atoms with Gasteiger partial charge in [0.15, 0.2) is 5.96 Å². The summed E-state index contributed by atoms with van der Waals surface area (Å²) in [5.41, 5.74) is 1.40. The lowest BCUT2D eigenvalue weighted by molar-refractivity contribution is 0.693. The molecule has 0 saturated heterocycles. The third kappa shape index (κ3) is 3.46. The highest BCUT2D eigenvalue weighted by atomic mass is 32.1. The van der Waals surface area contributed by atoms with Gasteiger partial charge in [0.2, 0.25) is 0 Å². The van der Waals surface area contributed by atoms with Crippen LogP contribution < -0.4 is 10.6 Å². The molecule has 3 nitrogen and oxygen atoms in total. The van der Waals surface area contributed by atoms with Gasteiger partial charge in [0.05, 0.1) is 0 Å². The van der Waals surface area contributed by atoms with E-state index in [1.54, 1.807) is 11.3 Å². The van der Waals surface area contributed by atoms with Crippen molar-refractivity contribution in [1.29, 1.82) is 0 Å². The van der Waals surface area contributed by atoms with Gasteiger partial charge in [0, 0.05) is 19.6 Å². The van der Waals surface area contributed by atoms with Crippen molar-refractivity contribution in [3.63, 3.8) is 0 Å². The van der Waals surface area contributed by atoms with Gasteiger partial charge in [0.25, 0.3) is 0 Å². The van der Waals surface area contributed by atoms with E-state index in [0.29, 0.717) is 12.0 Å². The molecule has 1 fully saturated rings. The topological polar surface area (TPSA) is 36.4 Å². The van der Waals surface area contributed by atoms with E-state index in [9.17, 15) is 0 Å². The van der Waals surface area contributed by atoms with E-state index in [1.807, 2.05) is 7.05 Å². The molecule has 3 unspecified atom stereocenters. The molecule has 2 rings (SSSR count). The van der Waals surface area contributed by atoms with Gasteiger partial charge in [-0.3, -0.25) is 4.99 Å². The summed E-state index contributed by atoms with van der Waals surface area (Å²) >= 11 is 1.76. The molecule has 1 aliphatic rings. The Morgan fingerprint density at radius 3 is 2.94 bits per heavy atom. The third-order valence-corrected chi connectivity index (χ3v) is 4.04. The summed E-state index contributed by atoms with van der Waals surface area (Å²) in [6, 6.07) is 2.81. The first-order valence-electron chi connectivity index (χ1n) is 6.20. The average Bonchev–Trinajstić information content (AvgIpc) is 2.85. The van der Waals surface area contributed by atoms with Gasteiger partial charge in [-0.15, -0.1) is 0 Å². The van der Waals surface area contributed by atoms with Crippen molar-refractivity contribution in [3.8, 4) is 0 Å². The smallest absolute Gasteiger partial charge is 0.191 e. The normalized spacial score (nSPS) is 25.5. The molecule has 0 spiro atoms. The Bertz CT molecular complexity index is 372. The molecule has 4 heteroatoms. The summed E-state index contributed by atoms with van der Waals surface area (Å²) in [4.78, 5) is 4.25. The van der Waals surface area contributed by atoms with E-state index in [2.05, 4.69) is 46.3 Å². The maximum atomic E-state index is 4.25. The maximum absolute atomic E-state index is 4.25. The molecular formula is C13H21N3S. The predicted molar refractivity (Wildman–Crippen MR) is 74.8 cm³/mol. The minimum Gasteiger partial charge on any atom is -0.356 e. The second kappa shape index (κ2) is 5.54. The molecular weight excluding hydrogens is 230 g/mol. The summed E-state index contributed by atoms with van der Waals surface area (Å²) in [5, 5.41) is 11.2. The number of hydrogen-bond donors (Lipinski definition) is 2.